The van der Waals surface area contributed by atoms with Gasteiger partial charge in [0.2, 0.25) is 0 Å². The zero-order valence-corrected chi connectivity index (χ0v) is 12.3. The Kier molecular flexibility index (Phi) is 2.75. The van der Waals surface area contributed by atoms with Gasteiger partial charge in [0.05, 0.1) is 0 Å². The van der Waals surface area contributed by atoms with Crippen LogP contribution >= 0.6 is 0 Å². The number of allylic oxidation sites excluding steroid dienone is 2. The number of hydrogen-bond acceptors (Lipinski definition) is 2. The molecule has 0 N–H and O–H groups in total. The fourth-order valence-corrected chi connectivity index (χ4v) is 4.42. The number of hydrogen-bond donors (Lipinski definition) is 0. The lowest BCUT2D eigenvalue weighted by Crippen LogP contribution is -2.46. The first-order valence-corrected chi connectivity index (χ1v) is 7.18. The van der Waals surface area contributed by atoms with Crippen LogP contribution in [-0.4, -0.2) is 11.6 Å². The molecule has 20 heavy (non-hydrogen) atoms. The average molecular weight is 268 g/mol. The van der Waals surface area contributed by atoms with Crippen molar-refractivity contribution >= 4 is 17.1 Å². The molecule has 2 aliphatic carbocycles. The van der Waals surface area contributed by atoms with E-state index in [2.05, 4.69) is 6.92 Å². The molecule has 1 fully saturated rings. The van der Waals surface area contributed by atoms with Crippen LogP contribution in [0.1, 0.15) is 39.2 Å². The van der Waals surface area contributed by atoms with Gasteiger partial charge in [-0.1, -0.05) is 51.1 Å². The topological polar surface area (TPSA) is 34.1 Å². The molecule has 104 valence electrons. The summed E-state index contributed by atoms with van der Waals surface area (Å²) in [5, 5.41) is 0. The lowest BCUT2D eigenvalue weighted by atomic mass is 9.55. The summed E-state index contributed by atoms with van der Waals surface area (Å²) in [7, 11) is 0. The Bertz CT molecular complexity index is 610. The van der Waals surface area contributed by atoms with Crippen LogP contribution < -0.4 is 0 Å². The maximum absolute atomic E-state index is 12.5. The Morgan fingerprint density at radius 2 is 1.65 bits per heavy atom. The van der Waals surface area contributed by atoms with E-state index in [1.54, 1.807) is 6.08 Å². The molecule has 0 radical (unpaired) electrons. The first kappa shape index (κ1) is 13.3. The molecule has 0 spiro atoms. The van der Waals surface area contributed by atoms with E-state index in [0.717, 1.165) is 11.1 Å². The van der Waals surface area contributed by atoms with Crippen LogP contribution in [0.25, 0.3) is 5.57 Å². The minimum Gasteiger partial charge on any atom is -0.300 e. The molecule has 0 saturated heterocycles. The molecule has 0 aromatic heterocycles. The van der Waals surface area contributed by atoms with E-state index in [9.17, 15) is 9.59 Å². The Balaban J connectivity index is 2.13. The summed E-state index contributed by atoms with van der Waals surface area (Å²) in [4.78, 5) is 24.7. The maximum Gasteiger partial charge on any atom is 0.160 e. The van der Waals surface area contributed by atoms with Gasteiger partial charge in [0.1, 0.15) is 5.78 Å². The summed E-state index contributed by atoms with van der Waals surface area (Å²) in [5.41, 5.74) is 1.50. The van der Waals surface area contributed by atoms with Crippen molar-refractivity contribution in [2.75, 3.05) is 0 Å². The molecule has 1 saturated carbocycles. The summed E-state index contributed by atoms with van der Waals surface area (Å²) in [6.07, 6.45) is 2.77. The molecule has 2 atom stereocenters. The molecule has 0 aliphatic heterocycles. The molecule has 2 aliphatic rings. The highest BCUT2D eigenvalue weighted by molar-refractivity contribution is 6.08. The second-order valence-corrected chi connectivity index (χ2v) is 7.06. The molecule has 1 aromatic carbocycles. The zero-order valence-electron chi connectivity index (χ0n) is 12.3. The molecule has 0 unspecified atom stereocenters. The van der Waals surface area contributed by atoms with Gasteiger partial charge in [0.15, 0.2) is 5.78 Å². The van der Waals surface area contributed by atoms with Gasteiger partial charge in [0.25, 0.3) is 0 Å². The third-order valence-corrected chi connectivity index (χ3v) is 4.91. The standard InChI is InChI=1S/C18H20O2/c1-17(2)10-13(19)11-18(3)14(9-15(20)16(17)18)12-7-5-4-6-8-12/h4-9,16H,10-11H2,1-3H3/t16-,18-/m0/s1. The Morgan fingerprint density at radius 3 is 2.30 bits per heavy atom. The largest absolute Gasteiger partial charge is 0.300 e. The number of Topliss-reactive ketones (excluding diaryl/α,β-unsaturated/α-hetero) is 1. The Hall–Kier alpha value is -1.70. The molecule has 0 bridgehead atoms. The molecule has 1 aromatic rings. The van der Waals surface area contributed by atoms with Gasteiger partial charge in [-0.25, -0.2) is 0 Å². The van der Waals surface area contributed by atoms with Crippen molar-refractivity contribution < 1.29 is 9.59 Å². The van der Waals surface area contributed by atoms with Gasteiger partial charge < -0.3 is 0 Å². The van der Waals surface area contributed by atoms with Gasteiger partial charge in [0, 0.05) is 24.2 Å². The van der Waals surface area contributed by atoms with Gasteiger partial charge in [-0.15, -0.1) is 0 Å². The number of carbonyl (C=O) groups is 2. The molecule has 3 rings (SSSR count). The number of rotatable bonds is 1. The highest BCUT2D eigenvalue weighted by Crippen LogP contribution is 2.59. The van der Waals surface area contributed by atoms with Crippen molar-refractivity contribution in [1.29, 1.82) is 0 Å². The molecular weight excluding hydrogens is 248 g/mol. The highest BCUT2D eigenvalue weighted by Gasteiger charge is 2.57. The summed E-state index contributed by atoms with van der Waals surface area (Å²) in [5.74, 6) is 0.372. The molecular formula is C18H20O2. The number of carbonyl (C=O) groups excluding carboxylic acids is 2. The monoisotopic (exact) mass is 268 g/mol. The van der Waals surface area contributed by atoms with Crippen LogP contribution in [0.2, 0.25) is 0 Å². The second-order valence-electron chi connectivity index (χ2n) is 7.06. The quantitative estimate of drug-likeness (QED) is 0.779. The molecule has 2 heteroatoms. The van der Waals surface area contributed by atoms with Crippen molar-refractivity contribution in [3.63, 3.8) is 0 Å². The van der Waals surface area contributed by atoms with E-state index < -0.39 is 0 Å². The normalized spacial score (nSPS) is 31.9. The Labute approximate surface area is 119 Å². The fraction of sp³-hybridized carbons (Fsp3) is 0.444. The van der Waals surface area contributed by atoms with Crippen LogP contribution in [0, 0.1) is 16.7 Å². The molecule has 0 heterocycles. The highest BCUT2D eigenvalue weighted by atomic mass is 16.1. The summed E-state index contributed by atoms with van der Waals surface area (Å²) in [6, 6.07) is 9.98. The number of fused-ring (bicyclic) bond motifs is 1. The predicted octanol–water partition coefficient (Wildman–Crippen LogP) is 3.66. The van der Waals surface area contributed by atoms with E-state index in [4.69, 9.17) is 0 Å². The van der Waals surface area contributed by atoms with Crippen LogP contribution in [0.15, 0.2) is 36.4 Å². The van der Waals surface area contributed by atoms with Gasteiger partial charge >= 0.3 is 0 Å². The minimum absolute atomic E-state index is 0.0806. The summed E-state index contributed by atoms with van der Waals surface area (Å²) in [6.45, 7) is 6.18. The number of benzene rings is 1. The van der Waals surface area contributed by atoms with Crippen molar-refractivity contribution in [3.8, 4) is 0 Å². The summed E-state index contributed by atoms with van der Waals surface area (Å²) >= 11 is 0. The predicted molar refractivity (Wildman–Crippen MR) is 79.0 cm³/mol. The fourth-order valence-electron chi connectivity index (χ4n) is 4.42. The van der Waals surface area contributed by atoms with E-state index in [0.29, 0.717) is 12.8 Å². The van der Waals surface area contributed by atoms with Gasteiger partial charge in [-0.3, -0.25) is 9.59 Å². The molecule has 2 nitrogen and oxygen atoms in total. The van der Waals surface area contributed by atoms with Crippen LogP contribution in [0.5, 0.6) is 0 Å². The smallest absolute Gasteiger partial charge is 0.160 e. The van der Waals surface area contributed by atoms with Crippen molar-refractivity contribution in [3.05, 3.63) is 42.0 Å². The lowest BCUT2D eigenvalue weighted by Gasteiger charge is -2.46. The van der Waals surface area contributed by atoms with Gasteiger partial charge in [-0.05, 0) is 22.6 Å². The third kappa shape index (κ3) is 1.78. The lowest BCUT2D eigenvalue weighted by molar-refractivity contribution is -0.135. The van der Waals surface area contributed by atoms with E-state index in [-0.39, 0.29) is 28.3 Å². The second kappa shape index (κ2) is 4.15. The number of ketones is 2. The maximum atomic E-state index is 12.5. The van der Waals surface area contributed by atoms with Crippen molar-refractivity contribution in [1.82, 2.24) is 0 Å². The third-order valence-electron chi connectivity index (χ3n) is 4.91. The van der Waals surface area contributed by atoms with Crippen molar-refractivity contribution in [2.24, 2.45) is 16.7 Å². The van der Waals surface area contributed by atoms with Crippen LogP contribution in [0.4, 0.5) is 0 Å². The van der Waals surface area contributed by atoms with Crippen LogP contribution in [-0.2, 0) is 9.59 Å². The van der Waals surface area contributed by atoms with Gasteiger partial charge in [-0.2, -0.15) is 0 Å². The zero-order chi connectivity index (χ0) is 14.5. The van der Waals surface area contributed by atoms with E-state index in [1.165, 1.54) is 0 Å². The minimum atomic E-state index is -0.350. The van der Waals surface area contributed by atoms with E-state index >= 15 is 0 Å². The summed E-state index contributed by atoms with van der Waals surface area (Å²) < 4.78 is 0. The Morgan fingerprint density at radius 1 is 1.00 bits per heavy atom. The average Bonchev–Trinajstić information content (AvgIpc) is 2.61. The molecule has 0 amide bonds. The first-order valence-electron chi connectivity index (χ1n) is 7.18. The SMILES string of the molecule is CC1(C)CC(=O)C[C@@]2(C)C(c3ccccc3)=CC(=O)[C@@H]12. The van der Waals surface area contributed by atoms with Crippen molar-refractivity contribution in [2.45, 2.75) is 33.6 Å². The van der Waals surface area contributed by atoms with E-state index in [1.807, 2.05) is 44.2 Å². The first-order chi connectivity index (χ1) is 9.34. The van der Waals surface area contributed by atoms with Crippen LogP contribution in [0.3, 0.4) is 0 Å².